The maximum atomic E-state index is 12.6. The van der Waals surface area contributed by atoms with E-state index in [0.717, 1.165) is 51.5 Å². The summed E-state index contributed by atoms with van der Waals surface area (Å²) in [5.74, 6) is 0. The van der Waals surface area contributed by atoms with E-state index in [1.54, 1.807) is 0 Å². The average molecular weight is 381 g/mol. The normalized spacial score (nSPS) is 14.8. The first-order valence-electron chi connectivity index (χ1n) is 10.3. The van der Waals surface area contributed by atoms with Crippen LogP contribution in [0.2, 0.25) is 0 Å². The van der Waals surface area contributed by atoms with Crippen LogP contribution in [-0.4, -0.2) is 55.1 Å². The van der Waals surface area contributed by atoms with Gasteiger partial charge >= 0.3 is 6.03 Å². The van der Waals surface area contributed by atoms with Gasteiger partial charge in [0.15, 0.2) is 0 Å². The standard InChI is InChI=1S/C23H32N4O/c1-4-26(5-2)22-11-9-21(10-12-22)24-23(28)27-15-13-25(14-16-27)18-20-8-6-7-19(3)17-20/h6-12,17H,4-5,13-16,18H2,1-3H3,(H,24,28). The van der Waals surface area contributed by atoms with Gasteiger partial charge in [-0.05, 0) is 50.6 Å². The average Bonchev–Trinajstić information content (AvgIpc) is 2.71. The number of benzene rings is 2. The minimum absolute atomic E-state index is 0.00852. The molecular formula is C23H32N4O. The van der Waals surface area contributed by atoms with Crippen LogP contribution in [-0.2, 0) is 6.54 Å². The third-order valence-corrected chi connectivity index (χ3v) is 5.40. The first kappa shape index (κ1) is 20.2. The number of carbonyl (C=O) groups excluding carboxylic acids is 1. The molecule has 1 aliphatic heterocycles. The SMILES string of the molecule is CCN(CC)c1ccc(NC(=O)N2CCN(Cc3cccc(C)c3)CC2)cc1. The summed E-state index contributed by atoms with van der Waals surface area (Å²) in [6, 6.07) is 16.8. The number of nitrogens with zero attached hydrogens (tertiary/aromatic N) is 3. The van der Waals surface area contributed by atoms with E-state index < -0.39 is 0 Å². The van der Waals surface area contributed by atoms with Gasteiger partial charge in [0.1, 0.15) is 0 Å². The lowest BCUT2D eigenvalue weighted by molar-refractivity contribution is 0.143. The molecule has 2 aromatic carbocycles. The zero-order valence-electron chi connectivity index (χ0n) is 17.3. The van der Waals surface area contributed by atoms with E-state index in [4.69, 9.17) is 0 Å². The number of carbonyl (C=O) groups is 1. The smallest absolute Gasteiger partial charge is 0.321 e. The Morgan fingerprint density at radius 3 is 2.29 bits per heavy atom. The summed E-state index contributed by atoms with van der Waals surface area (Å²) < 4.78 is 0. The Hall–Kier alpha value is -2.53. The van der Waals surface area contributed by atoms with Crippen molar-refractivity contribution in [3.63, 3.8) is 0 Å². The summed E-state index contributed by atoms with van der Waals surface area (Å²) >= 11 is 0. The van der Waals surface area contributed by atoms with Gasteiger partial charge in [-0.3, -0.25) is 4.90 Å². The van der Waals surface area contributed by atoms with Crippen LogP contribution in [0.15, 0.2) is 48.5 Å². The predicted molar refractivity (Wildman–Crippen MR) is 117 cm³/mol. The number of urea groups is 1. The summed E-state index contributed by atoms with van der Waals surface area (Å²) in [5.41, 5.74) is 4.67. The number of aryl methyl sites for hydroxylation is 1. The largest absolute Gasteiger partial charge is 0.372 e. The van der Waals surface area contributed by atoms with Gasteiger partial charge in [0.05, 0.1) is 0 Å². The molecule has 3 rings (SSSR count). The van der Waals surface area contributed by atoms with Crippen LogP contribution in [0.3, 0.4) is 0 Å². The van der Waals surface area contributed by atoms with Gasteiger partial charge in [0, 0.05) is 57.2 Å². The van der Waals surface area contributed by atoms with Crippen molar-refractivity contribution in [3.05, 3.63) is 59.7 Å². The predicted octanol–water partition coefficient (Wildman–Crippen LogP) is 4.19. The number of anilines is 2. The van der Waals surface area contributed by atoms with Crippen LogP contribution in [0, 0.1) is 6.92 Å². The second-order valence-corrected chi connectivity index (χ2v) is 7.40. The molecule has 0 spiro atoms. The van der Waals surface area contributed by atoms with Crippen LogP contribution in [0.25, 0.3) is 0 Å². The highest BCUT2D eigenvalue weighted by Gasteiger charge is 2.21. The molecule has 0 bridgehead atoms. The second kappa shape index (κ2) is 9.60. The summed E-state index contributed by atoms with van der Waals surface area (Å²) in [4.78, 5) is 19.2. The van der Waals surface area contributed by atoms with E-state index in [9.17, 15) is 4.79 Å². The van der Waals surface area contributed by atoms with Crippen molar-refractivity contribution < 1.29 is 4.79 Å². The fourth-order valence-corrected chi connectivity index (χ4v) is 3.72. The van der Waals surface area contributed by atoms with Gasteiger partial charge < -0.3 is 15.1 Å². The fraction of sp³-hybridized carbons (Fsp3) is 0.435. The number of piperazine rings is 1. The van der Waals surface area contributed by atoms with E-state index in [1.165, 1.54) is 16.8 Å². The van der Waals surface area contributed by atoms with Crippen molar-refractivity contribution >= 4 is 17.4 Å². The number of amides is 2. The maximum Gasteiger partial charge on any atom is 0.321 e. The van der Waals surface area contributed by atoms with Crippen LogP contribution >= 0.6 is 0 Å². The maximum absolute atomic E-state index is 12.6. The number of rotatable bonds is 6. The van der Waals surface area contributed by atoms with E-state index in [2.05, 4.69) is 72.3 Å². The van der Waals surface area contributed by atoms with Crippen molar-refractivity contribution in [1.82, 2.24) is 9.80 Å². The van der Waals surface area contributed by atoms with Gasteiger partial charge in [0.2, 0.25) is 0 Å². The van der Waals surface area contributed by atoms with Crippen LogP contribution in [0.4, 0.5) is 16.2 Å². The Bertz CT molecular complexity index is 762. The molecule has 1 saturated heterocycles. The minimum Gasteiger partial charge on any atom is -0.372 e. The first-order valence-corrected chi connectivity index (χ1v) is 10.3. The Morgan fingerprint density at radius 1 is 1.00 bits per heavy atom. The zero-order valence-corrected chi connectivity index (χ0v) is 17.3. The molecule has 0 aliphatic carbocycles. The molecule has 5 nitrogen and oxygen atoms in total. The van der Waals surface area contributed by atoms with Crippen molar-refractivity contribution in [1.29, 1.82) is 0 Å². The Kier molecular flexibility index (Phi) is 6.93. The number of nitrogens with one attached hydrogen (secondary N) is 1. The minimum atomic E-state index is -0.00852. The third-order valence-electron chi connectivity index (χ3n) is 5.40. The lowest BCUT2D eigenvalue weighted by atomic mass is 10.1. The molecule has 2 aromatic rings. The molecule has 0 radical (unpaired) electrons. The molecule has 5 heteroatoms. The molecule has 1 fully saturated rings. The number of hydrogen-bond acceptors (Lipinski definition) is 3. The van der Waals surface area contributed by atoms with Crippen molar-refractivity contribution in [3.8, 4) is 0 Å². The van der Waals surface area contributed by atoms with Crippen LogP contribution in [0.1, 0.15) is 25.0 Å². The molecule has 0 atom stereocenters. The quantitative estimate of drug-likeness (QED) is 0.817. The Morgan fingerprint density at radius 2 is 1.68 bits per heavy atom. The summed E-state index contributed by atoms with van der Waals surface area (Å²) in [6.45, 7) is 12.7. The molecule has 28 heavy (non-hydrogen) atoms. The molecule has 150 valence electrons. The molecule has 0 unspecified atom stereocenters. The van der Waals surface area contributed by atoms with Gasteiger partial charge in [-0.1, -0.05) is 29.8 Å². The van der Waals surface area contributed by atoms with Gasteiger partial charge in [0.25, 0.3) is 0 Å². The van der Waals surface area contributed by atoms with Crippen molar-refractivity contribution in [2.75, 3.05) is 49.5 Å². The summed E-state index contributed by atoms with van der Waals surface area (Å²) in [7, 11) is 0. The third kappa shape index (κ3) is 5.26. The zero-order chi connectivity index (χ0) is 19.9. The summed E-state index contributed by atoms with van der Waals surface area (Å²) in [5, 5.41) is 3.04. The van der Waals surface area contributed by atoms with Crippen molar-refractivity contribution in [2.24, 2.45) is 0 Å². The molecule has 2 amide bonds. The van der Waals surface area contributed by atoms with E-state index in [-0.39, 0.29) is 6.03 Å². The highest BCUT2D eigenvalue weighted by atomic mass is 16.2. The molecular weight excluding hydrogens is 348 g/mol. The van der Waals surface area contributed by atoms with E-state index in [0.29, 0.717) is 0 Å². The van der Waals surface area contributed by atoms with Gasteiger partial charge in [-0.2, -0.15) is 0 Å². The second-order valence-electron chi connectivity index (χ2n) is 7.40. The lowest BCUT2D eigenvalue weighted by Gasteiger charge is -2.34. The number of hydrogen-bond donors (Lipinski definition) is 1. The molecule has 1 N–H and O–H groups in total. The summed E-state index contributed by atoms with van der Waals surface area (Å²) in [6.07, 6.45) is 0. The van der Waals surface area contributed by atoms with Crippen molar-refractivity contribution in [2.45, 2.75) is 27.3 Å². The molecule has 0 saturated carbocycles. The molecule has 0 aromatic heterocycles. The van der Waals surface area contributed by atoms with Crippen LogP contribution in [0.5, 0.6) is 0 Å². The Balaban J connectivity index is 1.48. The Labute approximate surface area is 168 Å². The topological polar surface area (TPSA) is 38.8 Å². The van der Waals surface area contributed by atoms with Gasteiger partial charge in [-0.15, -0.1) is 0 Å². The first-order chi connectivity index (χ1) is 13.6. The highest BCUT2D eigenvalue weighted by Crippen LogP contribution is 2.18. The van der Waals surface area contributed by atoms with E-state index >= 15 is 0 Å². The molecule has 1 aliphatic rings. The fourth-order valence-electron chi connectivity index (χ4n) is 3.72. The highest BCUT2D eigenvalue weighted by molar-refractivity contribution is 5.89. The molecule has 1 heterocycles. The van der Waals surface area contributed by atoms with E-state index in [1.807, 2.05) is 17.0 Å². The lowest BCUT2D eigenvalue weighted by Crippen LogP contribution is -2.49. The monoisotopic (exact) mass is 380 g/mol. The van der Waals surface area contributed by atoms with Gasteiger partial charge in [-0.25, -0.2) is 4.79 Å². The van der Waals surface area contributed by atoms with Crippen LogP contribution < -0.4 is 10.2 Å².